The number of aliphatic hydroxyl groups is 1. The zero-order chi connectivity index (χ0) is 24.6. The van der Waals surface area contributed by atoms with E-state index in [9.17, 15) is 5.11 Å². The summed E-state index contributed by atoms with van der Waals surface area (Å²) < 4.78 is 4.42. The van der Waals surface area contributed by atoms with Crippen molar-refractivity contribution in [3.63, 3.8) is 0 Å². The summed E-state index contributed by atoms with van der Waals surface area (Å²) in [5.41, 5.74) is 9.02. The minimum absolute atomic E-state index is 0.475. The Bertz CT molecular complexity index is 1660. The number of aliphatic hydroxyl groups excluding tert-OH is 1. The van der Waals surface area contributed by atoms with Gasteiger partial charge in [-0.25, -0.2) is 4.98 Å². The molecule has 0 bridgehead atoms. The molecule has 2 aromatic heterocycles. The first-order chi connectivity index (χ1) is 17.6. The Morgan fingerprint density at radius 1 is 0.694 bits per heavy atom. The van der Waals surface area contributed by atoms with Crippen molar-refractivity contribution in [2.75, 3.05) is 0 Å². The molecule has 0 radical (unpaired) electrons. The van der Waals surface area contributed by atoms with Crippen molar-refractivity contribution < 1.29 is 5.11 Å². The summed E-state index contributed by atoms with van der Waals surface area (Å²) >= 11 is 0. The highest BCUT2D eigenvalue weighted by Crippen LogP contribution is 2.41. The normalized spacial score (nSPS) is 12.4. The zero-order valence-corrected chi connectivity index (χ0v) is 20.6. The Kier molecular flexibility index (Phi) is 5.67. The van der Waals surface area contributed by atoms with E-state index >= 15 is 0 Å². The number of para-hydroxylation sites is 2. The molecule has 0 aliphatic rings. The fraction of sp³-hybridized carbons (Fsp3) is 0.156. The third-order valence-electron chi connectivity index (χ3n) is 6.96. The highest BCUT2D eigenvalue weighted by molar-refractivity contribution is 6.04. The molecule has 6 aromatic rings. The van der Waals surface area contributed by atoms with Crippen molar-refractivity contribution in [1.82, 2.24) is 14.1 Å². The molecule has 0 unspecified atom stereocenters. The molecule has 36 heavy (non-hydrogen) atoms. The van der Waals surface area contributed by atoms with Gasteiger partial charge in [-0.05, 0) is 49.2 Å². The number of nitrogens with zero attached hydrogens (tertiary/aromatic N) is 3. The van der Waals surface area contributed by atoms with Gasteiger partial charge in [-0.1, -0.05) is 84.4 Å². The fourth-order valence-corrected chi connectivity index (χ4v) is 5.36. The lowest BCUT2D eigenvalue weighted by molar-refractivity contribution is 0.137. The standard InChI is InChI=1S/C32H29N3O/c1-22-17-18-29-27(19-22)31(24-11-5-3-6-12-24)32(25-13-7-4-8-14-25)35(29)21-26(36)20-34-23(2)33-28-15-9-10-16-30(28)34/h3-19,26,36H,20-21H2,1-2H3/t26-/m1/s1. The van der Waals surface area contributed by atoms with Crippen LogP contribution in [0.25, 0.3) is 44.3 Å². The van der Waals surface area contributed by atoms with E-state index in [2.05, 4.69) is 99.9 Å². The van der Waals surface area contributed by atoms with Gasteiger partial charge in [0.1, 0.15) is 5.82 Å². The van der Waals surface area contributed by atoms with E-state index in [1.54, 1.807) is 0 Å². The van der Waals surface area contributed by atoms with E-state index in [1.807, 2.05) is 31.2 Å². The fourth-order valence-electron chi connectivity index (χ4n) is 5.36. The summed E-state index contributed by atoms with van der Waals surface area (Å²) in [7, 11) is 0. The molecule has 178 valence electrons. The predicted octanol–water partition coefficient (Wildman–Crippen LogP) is 7.00. The maximum absolute atomic E-state index is 11.5. The largest absolute Gasteiger partial charge is 0.389 e. The van der Waals surface area contributed by atoms with E-state index in [0.717, 1.165) is 33.6 Å². The van der Waals surface area contributed by atoms with Gasteiger partial charge in [-0.2, -0.15) is 0 Å². The molecule has 4 aromatic carbocycles. The van der Waals surface area contributed by atoms with Crippen LogP contribution >= 0.6 is 0 Å². The summed E-state index contributed by atoms with van der Waals surface area (Å²) in [6.45, 7) is 5.09. The van der Waals surface area contributed by atoms with Crippen LogP contribution in [-0.2, 0) is 13.1 Å². The van der Waals surface area contributed by atoms with Crippen LogP contribution in [0.15, 0.2) is 103 Å². The third-order valence-corrected chi connectivity index (χ3v) is 6.96. The molecule has 0 fully saturated rings. The third kappa shape index (κ3) is 3.90. The summed E-state index contributed by atoms with van der Waals surface area (Å²) in [6, 6.07) is 35.8. The van der Waals surface area contributed by atoms with Gasteiger partial charge in [0, 0.05) is 16.5 Å². The monoisotopic (exact) mass is 471 g/mol. The molecule has 0 saturated heterocycles. The first-order valence-corrected chi connectivity index (χ1v) is 12.4. The summed E-state index contributed by atoms with van der Waals surface area (Å²) in [5, 5.41) is 12.7. The molecule has 0 aliphatic carbocycles. The maximum atomic E-state index is 11.5. The average Bonchev–Trinajstić information content (AvgIpc) is 3.38. The van der Waals surface area contributed by atoms with Crippen LogP contribution in [-0.4, -0.2) is 25.3 Å². The molecular formula is C32H29N3O. The van der Waals surface area contributed by atoms with Crippen molar-refractivity contribution in [1.29, 1.82) is 0 Å². The zero-order valence-electron chi connectivity index (χ0n) is 20.6. The van der Waals surface area contributed by atoms with Gasteiger partial charge >= 0.3 is 0 Å². The molecule has 4 heteroatoms. The van der Waals surface area contributed by atoms with E-state index < -0.39 is 6.10 Å². The number of imidazole rings is 1. The molecule has 6 rings (SSSR count). The second kappa shape index (κ2) is 9.14. The predicted molar refractivity (Wildman–Crippen MR) is 148 cm³/mol. The van der Waals surface area contributed by atoms with Crippen molar-refractivity contribution in [3.05, 3.63) is 115 Å². The van der Waals surface area contributed by atoms with E-state index in [0.29, 0.717) is 13.1 Å². The molecule has 0 saturated carbocycles. The number of benzene rings is 4. The molecule has 2 heterocycles. The highest BCUT2D eigenvalue weighted by atomic mass is 16.3. The number of aryl methyl sites for hydroxylation is 2. The van der Waals surface area contributed by atoms with Gasteiger partial charge in [-0.3, -0.25) is 0 Å². The second-order valence-corrected chi connectivity index (χ2v) is 9.50. The van der Waals surface area contributed by atoms with Crippen LogP contribution in [0.3, 0.4) is 0 Å². The minimum Gasteiger partial charge on any atom is -0.389 e. The van der Waals surface area contributed by atoms with E-state index in [1.165, 1.54) is 22.1 Å². The van der Waals surface area contributed by atoms with E-state index in [4.69, 9.17) is 0 Å². The highest BCUT2D eigenvalue weighted by Gasteiger charge is 2.22. The van der Waals surface area contributed by atoms with Gasteiger partial charge in [-0.15, -0.1) is 0 Å². The van der Waals surface area contributed by atoms with Gasteiger partial charge in [0.05, 0.1) is 35.9 Å². The van der Waals surface area contributed by atoms with Crippen molar-refractivity contribution in [3.8, 4) is 22.4 Å². The summed E-state index contributed by atoms with van der Waals surface area (Å²) in [6.07, 6.45) is -0.593. The SMILES string of the molecule is Cc1ccc2c(c1)c(-c1ccccc1)c(-c1ccccc1)n2C[C@H](O)Cn1c(C)nc2ccccc21. The smallest absolute Gasteiger partial charge is 0.106 e. The van der Waals surface area contributed by atoms with Gasteiger partial charge in [0.2, 0.25) is 0 Å². The van der Waals surface area contributed by atoms with Crippen molar-refractivity contribution in [2.24, 2.45) is 0 Å². The first-order valence-electron chi connectivity index (χ1n) is 12.4. The Labute approximate surface area is 211 Å². The van der Waals surface area contributed by atoms with Gasteiger partial charge < -0.3 is 14.2 Å². The number of rotatable bonds is 6. The average molecular weight is 472 g/mol. The molecule has 1 N–H and O–H groups in total. The Morgan fingerprint density at radius 3 is 2.08 bits per heavy atom. The maximum Gasteiger partial charge on any atom is 0.106 e. The van der Waals surface area contributed by atoms with E-state index in [-0.39, 0.29) is 0 Å². The number of fused-ring (bicyclic) bond motifs is 2. The summed E-state index contributed by atoms with van der Waals surface area (Å²) in [5.74, 6) is 0.913. The topological polar surface area (TPSA) is 43.0 Å². The Balaban J connectivity index is 1.51. The Hall–Kier alpha value is -4.15. The van der Waals surface area contributed by atoms with Crippen molar-refractivity contribution >= 4 is 21.9 Å². The molecule has 4 nitrogen and oxygen atoms in total. The number of hydrogen-bond donors (Lipinski definition) is 1. The van der Waals surface area contributed by atoms with Crippen molar-refractivity contribution in [2.45, 2.75) is 33.0 Å². The first kappa shape index (κ1) is 22.3. The molecule has 1 atom stereocenters. The molecule has 0 aliphatic heterocycles. The lowest BCUT2D eigenvalue weighted by Crippen LogP contribution is -2.23. The second-order valence-electron chi connectivity index (χ2n) is 9.50. The van der Waals surface area contributed by atoms with Gasteiger partial charge in [0.15, 0.2) is 0 Å². The van der Waals surface area contributed by atoms with Crippen LogP contribution in [0, 0.1) is 13.8 Å². The van der Waals surface area contributed by atoms with Crippen LogP contribution in [0.1, 0.15) is 11.4 Å². The Morgan fingerprint density at radius 2 is 1.33 bits per heavy atom. The van der Waals surface area contributed by atoms with Gasteiger partial charge in [0.25, 0.3) is 0 Å². The van der Waals surface area contributed by atoms with Crippen LogP contribution in [0.5, 0.6) is 0 Å². The quantitative estimate of drug-likeness (QED) is 0.284. The lowest BCUT2D eigenvalue weighted by Gasteiger charge is -2.18. The van der Waals surface area contributed by atoms with Crippen LogP contribution < -0.4 is 0 Å². The number of aromatic nitrogens is 3. The lowest BCUT2D eigenvalue weighted by atomic mass is 9.98. The summed E-state index contributed by atoms with van der Waals surface area (Å²) in [4.78, 5) is 4.69. The molecular weight excluding hydrogens is 442 g/mol. The number of hydrogen-bond acceptors (Lipinski definition) is 2. The molecule has 0 amide bonds. The molecule has 0 spiro atoms. The minimum atomic E-state index is -0.593. The van der Waals surface area contributed by atoms with Crippen LogP contribution in [0.4, 0.5) is 0 Å². The van der Waals surface area contributed by atoms with Crippen LogP contribution in [0.2, 0.25) is 0 Å².